The van der Waals surface area contributed by atoms with Crippen molar-refractivity contribution < 1.29 is 26.3 Å². The number of piperidine rings is 1. The molecule has 2 bridgehead atoms. The molecule has 1 unspecified atom stereocenters. The zero-order valence-corrected chi connectivity index (χ0v) is 13.6. The molecule has 2 saturated carbocycles. The third kappa shape index (κ3) is 2.23. The fourth-order valence-corrected chi connectivity index (χ4v) is 4.63. The Balaban J connectivity index is 1.58. The number of fused-ring (bicyclic) bond motifs is 1. The number of nitrogen functional groups attached to an aromatic ring is 1. The van der Waals surface area contributed by atoms with E-state index in [1.54, 1.807) is 0 Å². The monoisotopic (exact) mass is 389 g/mol. The maximum atomic E-state index is 13.1. The van der Waals surface area contributed by atoms with Crippen molar-refractivity contribution in [2.45, 2.75) is 30.4 Å². The van der Waals surface area contributed by atoms with Gasteiger partial charge >= 0.3 is 12.4 Å². The lowest BCUT2D eigenvalue weighted by Gasteiger charge is -2.14. The van der Waals surface area contributed by atoms with Crippen LogP contribution in [0.2, 0.25) is 0 Å². The number of halogens is 6. The summed E-state index contributed by atoms with van der Waals surface area (Å²) in [4.78, 5) is 7.56. The highest BCUT2D eigenvalue weighted by Crippen LogP contribution is 2.80. The maximum Gasteiger partial charge on any atom is 0.419 e. The second kappa shape index (κ2) is 4.75. The molecule has 2 saturated heterocycles. The Kier molecular flexibility index (Phi) is 2.96. The van der Waals surface area contributed by atoms with Crippen LogP contribution >= 0.6 is 0 Å². The van der Waals surface area contributed by atoms with E-state index in [9.17, 15) is 26.3 Å². The number of alkyl halides is 6. The topological polar surface area (TPSA) is 68.8 Å². The van der Waals surface area contributed by atoms with Gasteiger partial charge in [-0.2, -0.15) is 26.3 Å². The van der Waals surface area contributed by atoms with Crippen molar-refractivity contribution in [2.24, 2.45) is 11.8 Å². The first-order chi connectivity index (χ1) is 12.5. The van der Waals surface area contributed by atoms with Crippen molar-refractivity contribution in [1.82, 2.24) is 19.9 Å². The quantitative estimate of drug-likeness (QED) is 0.792. The predicted octanol–water partition coefficient (Wildman–Crippen LogP) is 2.58. The van der Waals surface area contributed by atoms with Gasteiger partial charge < -0.3 is 15.6 Å². The standard InChI is InChI=1S/C16H13F6N5/c17-14(18,19)2-10-26-9(5-27(10)15-8-4-24-12(15)11(8)15)6-1-7(16(20,21)22)13(23)25-3-6/h1,3,5,8,11-12,24H,2,4H2,(H2,23,25)/t8-,11-,12?,15-/m1/s1. The number of nitrogens with two attached hydrogens (primary N) is 1. The van der Waals surface area contributed by atoms with Crippen molar-refractivity contribution in [2.75, 3.05) is 12.3 Å². The third-order valence-corrected chi connectivity index (χ3v) is 5.83. The van der Waals surface area contributed by atoms with Crippen LogP contribution in [0.1, 0.15) is 11.4 Å². The van der Waals surface area contributed by atoms with Gasteiger partial charge in [0.1, 0.15) is 18.1 Å². The molecule has 27 heavy (non-hydrogen) atoms. The molecule has 0 amide bonds. The van der Waals surface area contributed by atoms with Crippen LogP contribution in [0.15, 0.2) is 18.5 Å². The maximum absolute atomic E-state index is 13.1. The summed E-state index contributed by atoms with van der Waals surface area (Å²) in [5.41, 5.74) is 3.76. The van der Waals surface area contributed by atoms with Crippen molar-refractivity contribution in [3.8, 4) is 11.3 Å². The molecule has 5 nitrogen and oxygen atoms in total. The summed E-state index contributed by atoms with van der Waals surface area (Å²) in [5, 5.41) is 3.24. The minimum absolute atomic E-state index is 0.0201. The summed E-state index contributed by atoms with van der Waals surface area (Å²) in [6, 6.07) is 0.889. The highest BCUT2D eigenvalue weighted by atomic mass is 19.4. The zero-order chi connectivity index (χ0) is 19.4. The van der Waals surface area contributed by atoms with Crippen LogP contribution in [0.4, 0.5) is 32.2 Å². The SMILES string of the molecule is Nc1ncc(-c2cn([C@]34C5NC[C@@H]3[C@H]54)c(CC(F)(F)F)n2)cc1C(F)(F)F. The van der Waals surface area contributed by atoms with Gasteiger partial charge in [-0.1, -0.05) is 0 Å². The molecular formula is C16H13F6N5. The highest BCUT2D eigenvalue weighted by molar-refractivity contribution is 5.63. The van der Waals surface area contributed by atoms with Crippen LogP contribution in [0.3, 0.4) is 0 Å². The smallest absolute Gasteiger partial charge is 0.383 e. The molecule has 4 fully saturated rings. The molecule has 4 aliphatic rings. The van der Waals surface area contributed by atoms with E-state index in [2.05, 4.69) is 15.3 Å². The number of pyridine rings is 1. The zero-order valence-electron chi connectivity index (χ0n) is 13.6. The number of rotatable bonds is 3. The number of hydrogen-bond acceptors (Lipinski definition) is 4. The molecule has 4 atom stereocenters. The average Bonchev–Trinajstić information content (AvgIpc) is 3.08. The van der Waals surface area contributed by atoms with Crippen LogP contribution in [-0.2, 0) is 18.1 Å². The van der Waals surface area contributed by atoms with Crippen molar-refractivity contribution >= 4 is 5.82 Å². The second-order valence-corrected chi connectivity index (χ2v) is 7.26. The Bertz CT molecular complexity index is 924. The first kappa shape index (κ1) is 16.8. The molecular weight excluding hydrogens is 376 g/mol. The number of nitrogens with one attached hydrogen (secondary N) is 1. The summed E-state index contributed by atoms with van der Waals surface area (Å²) < 4.78 is 79.7. The molecule has 0 spiro atoms. The Morgan fingerprint density at radius 3 is 2.56 bits per heavy atom. The van der Waals surface area contributed by atoms with Gasteiger partial charge in [-0.05, 0) is 6.07 Å². The van der Waals surface area contributed by atoms with Gasteiger partial charge in [0.05, 0.1) is 16.8 Å². The molecule has 6 rings (SSSR count). The highest BCUT2D eigenvalue weighted by Gasteiger charge is 2.91. The molecule has 0 radical (unpaired) electrons. The van der Waals surface area contributed by atoms with Gasteiger partial charge in [-0.15, -0.1) is 0 Å². The van der Waals surface area contributed by atoms with Crippen LogP contribution in [0.25, 0.3) is 11.3 Å². The van der Waals surface area contributed by atoms with E-state index >= 15 is 0 Å². The molecule has 11 heteroatoms. The first-order valence-corrected chi connectivity index (χ1v) is 8.25. The van der Waals surface area contributed by atoms with Gasteiger partial charge in [0.15, 0.2) is 0 Å². The summed E-state index contributed by atoms with van der Waals surface area (Å²) in [5.74, 6) is -0.346. The van der Waals surface area contributed by atoms with Gasteiger partial charge in [0.2, 0.25) is 0 Å². The molecule has 0 aromatic carbocycles. The van der Waals surface area contributed by atoms with Gasteiger partial charge in [0, 0.05) is 42.4 Å². The van der Waals surface area contributed by atoms with Gasteiger partial charge in [-0.25, -0.2) is 9.97 Å². The lowest BCUT2D eigenvalue weighted by molar-refractivity contribution is -0.137. The van der Waals surface area contributed by atoms with Crippen LogP contribution in [0, 0.1) is 11.8 Å². The fraction of sp³-hybridized carbons (Fsp3) is 0.500. The van der Waals surface area contributed by atoms with Crippen molar-refractivity contribution in [3.05, 3.63) is 29.8 Å². The number of aromatic nitrogens is 3. The summed E-state index contributed by atoms with van der Waals surface area (Å²) in [6.45, 7) is 0.732. The van der Waals surface area contributed by atoms with E-state index in [1.165, 1.54) is 10.8 Å². The van der Waals surface area contributed by atoms with E-state index in [-0.39, 0.29) is 35.0 Å². The van der Waals surface area contributed by atoms with E-state index in [4.69, 9.17) is 5.73 Å². The van der Waals surface area contributed by atoms with Crippen LogP contribution in [0.5, 0.6) is 0 Å². The predicted molar refractivity (Wildman–Crippen MR) is 81.4 cm³/mol. The van der Waals surface area contributed by atoms with E-state index in [0.717, 1.165) is 18.8 Å². The first-order valence-electron chi connectivity index (χ1n) is 8.25. The average molecular weight is 389 g/mol. The molecule has 2 aromatic heterocycles. The number of imidazole rings is 1. The lowest BCUT2D eigenvalue weighted by Crippen LogP contribution is -2.24. The molecule has 4 heterocycles. The summed E-state index contributed by atoms with van der Waals surface area (Å²) >= 11 is 0. The number of hydrogen-bond donors (Lipinski definition) is 2. The Morgan fingerprint density at radius 2 is 2.00 bits per heavy atom. The van der Waals surface area contributed by atoms with Gasteiger partial charge in [0.25, 0.3) is 0 Å². The second-order valence-electron chi connectivity index (χ2n) is 7.26. The van der Waals surface area contributed by atoms with Crippen molar-refractivity contribution in [3.63, 3.8) is 0 Å². The molecule has 3 N–H and O–H groups in total. The molecule has 2 aliphatic carbocycles. The summed E-state index contributed by atoms with van der Waals surface area (Å²) in [7, 11) is 0. The minimum Gasteiger partial charge on any atom is -0.383 e. The van der Waals surface area contributed by atoms with E-state index < -0.39 is 35.7 Å². The summed E-state index contributed by atoms with van der Waals surface area (Å²) in [6.07, 6.45) is -7.93. The third-order valence-electron chi connectivity index (χ3n) is 5.83. The largest absolute Gasteiger partial charge is 0.419 e. The van der Waals surface area contributed by atoms with E-state index in [1.807, 2.05) is 0 Å². The van der Waals surface area contributed by atoms with Crippen molar-refractivity contribution in [1.29, 1.82) is 0 Å². The van der Waals surface area contributed by atoms with Gasteiger partial charge in [-0.3, -0.25) is 0 Å². The normalized spacial score (nSPS) is 31.1. The fourth-order valence-electron chi connectivity index (χ4n) is 4.63. The Labute approximate surface area is 148 Å². The molecule has 144 valence electrons. The Morgan fingerprint density at radius 1 is 1.26 bits per heavy atom. The number of nitrogens with zero attached hydrogens (tertiary/aromatic N) is 3. The van der Waals surface area contributed by atoms with Crippen LogP contribution in [-0.4, -0.2) is 33.3 Å². The minimum atomic E-state index is -4.72. The molecule has 2 aliphatic heterocycles. The Hall–Kier alpha value is -2.30. The molecule has 2 aromatic rings. The number of anilines is 1. The van der Waals surface area contributed by atoms with E-state index in [0.29, 0.717) is 0 Å². The van der Waals surface area contributed by atoms with Crippen LogP contribution < -0.4 is 11.1 Å². The lowest BCUT2D eigenvalue weighted by atomic mass is 10.1.